The van der Waals surface area contributed by atoms with Crippen LogP contribution in [0.1, 0.15) is 23.4 Å². The maximum atomic E-state index is 5.97. The molecule has 4 heterocycles. The predicted molar refractivity (Wildman–Crippen MR) is 157 cm³/mol. The fourth-order valence-corrected chi connectivity index (χ4v) is 6.00. The quantitative estimate of drug-likeness (QED) is 0.216. The SMILES string of the molecule is Cc1cc(-c2[nH]c3cc(-c4ccc(N5CC[C@@H](NCCO[Si](C)(C)C)C5)nc4)ccc3c2C)cc(C)n1. The molecule has 2 N–H and O–H groups in total. The molecule has 4 aromatic rings. The molecule has 3 aromatic heterocycles. The fourth-order valence-electron chi connectivity index (χ4n) is 5.28. The molecule has 0 aliphatic carbocycles. The summed E-state index contributed by atoms with van der Waals surface area (Å²) in [5, 5.41) is 4.90. The average Bonchev–Trinajstić information content (AvgIpc) is 3.45. The maximum Gasteiger partial charge on any atom is 0.183 e. The van der Waals surface area contributed by atoms with E-state index in [1.807, 2.05) is 20.0 Å². The van der Waals surface area contributed by atoms with E-state index in [0.29, 0.717) is 6.04 Å². The van der Waals surface area contributed by atoms with Crippen LogP contribution in [0.5, 0.6) is 0 Å². The Morgan fingerprint density at radius 2 is 1.76 bits per heavy atom. The first-order valence-corrected chi connectivity index (χ1v) is 16.7. The first kappa shape index (κ1) is 25.6. The van der Waals surface area contributed by atoms with Gasteiger partial charge in [0.05, 0.1) is 0 Å². The summed E-state index contributed by atoms with van der Waals surface area (Å²) in [4.78, 5) is 15.4. The number of aryl methyl sites for hydroxylation is 3. The second-order valence-electron chi connectivity index (χ2n) is 11.3. The number of fused-ring (bicyclic) bond motifs is 1. The van der Waals surface area contributed by atoms with E-state index in [1.54, 1.807) is 0 Å². The van der Waals surface area contributed by atoms with Gasteiger partial charge in [0.25, 0.3) is 0 Å². The number of benzene rings is 1. The number of hydrogen-bond acceptors (Lipinski definition) is 5. The van der Waals surface area contributed by atoms with Crippen molar-refractivity contribution in [2.24, 2.45) is 0 Å². The molecule has 0 radical (unpaired) electrons. The first-order chi connectivity index (χ1) is 17.7. The molecule has 0 unspecified atom stereocenters. The van der Waals surface area contributed by atoms with Crippen LogP contribution in [-0.4, -0.2) is 55.6 Å². The van der Waals surface area contributed by atoms with Gasteiger partial charge < -0.3 is 19.6 Å². The molecule has 1 atom stereocenters. The molecule has 0 amide bonds. The van der Waals surface area contributed by atoms with Gasteiger partial charge in [-0.25, -0.2) is 4.98 Å². The van der Waals surface area contributed by atoms with Gasteiger partial charge in [-0.1, -0.05) is 12.1 Å². The third-order valence-corrected chi connectivity index (χ3v) is 8.16. The summed E-state index contributed by atoms with van der Waals surface area (Å²) < 4.78 is 5.97. The maximum absolute atomic E-state index is 5.97. The molecule has 37 heavy (non-hydrogen) atoms. The van der Waals surface area contributed by atoms with Gasteiger partial charge in [-0.05, 0) is 88.3 Å². The highest BCUT2D eigenvalue weighted by molar-refractivity contribution is 6.69. The minimum atomic E-state index is -1.44. The fraction of sp³-hybridized carbons (Fsp3) is 0.400. The van der Waals surface area contributed by atoms with Crippen molar-refractivity contribution in [3.8, 4) is 22.4 Å². The van der Waals surface area contributed by atoms with E-state index in [9.17, 15) is 0 Å². The van der Waals surface area contributed by atoms with E-state index < -0.39 is 8.32 Å². The normalized spacial score (nSPS) is 16.2. The van der Waals surface area contributed by atoms with Gasteiger partial charge in [0.15, 0.2) is 8.32 Å². The monoisotopic (exact) mass is 513 g/mol. The van der Waals surface area contributed by atoms with Crippen molar-refractivity contribution in [1.29, 1.82) is 0 Å². The Morgan fingerprint density at radius 1 is 1.00 bits per heavy atom. The second-order valence-corrected chi connectivity index (χ2v) is 15.8. The Balaban J connectivity index is 1.27. The zero-order valence-electron chi connectivity index (χ0n) is 23.0. The van der Waals surface area contributed by atoms with E-state index in [2.05, 4.69) is 89.2 Å². The summed E-state index contributed by atoms with van der Waals surface area (Å²) in [5.74, 6) is 1.05. The smallest absolute Gasteiger partial charge is 0.183 e. The number of aromatic nitrogens is 3. The highest BCUT2D eigenvalue weighted by Crippen LogP contribution is 2.33. The lowest BCUT2D eigenvalue weighted by Gasteiger charge is -2.20. The zero-order chi connectivity index (χ0) is 26.2. The van der Waals surface area contributed by atoms with Crippen molar-refractivity contribution in [2.45, 2.75) is 52.9 Å². The molecule has 5 rings (SSSR count). The van der Waals surface area contributed by atoms with Gasteiger partial charge in [-0.3, -0.25) is 4.98 Å². The summed E-state index contributed by atoms with van der Waals surface area (Å²) in [5.41, 5.74) is 9.15. The number of nitrogens with zero attached hydrogens (tertiary/aromatic N) is 3. The lowest BCUT2D eigenvalue weighted by molar-refractivity contribution is 0.301. The number of H-pyrrole nitrogens is 1. The highest BCUT2D eigenvalue weighted by atomic mass is 28.4. The minimum Gasteiger partial charge on any atom is -0.416 e. The molecular weight excluding hydrogens is 474 g/mol. The number of rotatable bonds is 8. The van der Waals surface area contributed by atoms with Crippen molar-refractivity contribution in [1.82, 2.24) is 20.3 Å². The molecule has 1 fully saturated rings. The first-order valence-electron chi connectivity index (χ1n) is 13.3. The van der Waals surface area contributed by atoms with Crippen LogP contribution < -0.4 is 10.2 Å². The molecule has 1 saturated heterocycles. The van der Waals surface area contributed by atoms with E-state index in [0.717, 1.165) is 60.9 Å². The predicted octanol–water partition coefficient (Wildman–Crippen LogP) is 6.24. The molecular formula is C30H39N5OSi. The van der Waals surface area contributed by atoms with E-state index in [4.69, 9.17) is 9.41 Å². The molecule has 6 nitrogen and oxygen atoms in total. The van der Waals surface area contributed by atoms with Crippen molar-refractivity contribution >= 4 is 25.0 Å². The van der Waals surface area contributed by atoms with Crippen molar-refractivity contribution < 1.29 is 4.43 Å². The average molecular weight is 514 g/mol. The van der Waals surface area contributed by atoms with Crippen molar-refractivity contribution in [2.75, 3.05) is 31.1 Å². The standard InChI is InChI=1S/C30H39N5OSi/c1-20-15-25(16-21(2)33-20)30-22(3)27-9-7-23(17-28(27)34-30)24-8-10-29(32-18-24)35-13-11-26(19-35)31-12-14-36-37(4,5)6/h7-10,15-18,26,31,34H,11-14,19H2,1-6H3/t26-/m1/s1. The molecule has 1 aliphatic heterocycles. The molecule has 194 valence electrons. The number of hydrogen-bond donors (Lipinski definition) is 2. The van der Waals surface area contributed by atoms with Crippen LogP contribution in [0.3, 0.4) is 0 Å². The summed E-state index contributed by atoms with van der Waals surface area (Å²) in [6, 6.07) is 15.8. The molecule has 1 aromatic carbocycles. The summed E-state index contributed by atoms with van der Waals surface area (Å²) in [6.45, 7) is 16.7. The number of anilines is 1. The van der Waals surface area contributed by atoms with Crippen LogP contribution in [0.15, 0.2) is 48.7 Å². The summed E-state index contributed by atoms with van der Waals surface area (Å²) >= 11 is 0. The highest BCUT2D eigenvalue weighted by Gasteiger charge is 2.23. The molecule has 1 aliphatic rings. The minimum absolute atomic E-state index is 0.493. The van der Waals surface area contributed by atoms with Gasteiger partial charge in [0.1, 0.15) is 5.82 Å². The van der Waals surface area contributed by atoms with Crippen molar-refractivity contribution in [3.63, 3.8) is 0 Å². The van der Waals surface area contributed by atoms with Crippen LogP contribution in [0.4, 0.5) is 5.82 Å². The Bertz CT molecular complexity index is 1370. The number of pyridine rings is 2. The second kappa shape index (κ2) is 10.4. The number of aromatic amines is 1. The molecule has 0 saturated carbocycles. The topological polar surface area (TPSA) is 66.1 Å². The molecule has 7 heteroatoms. The van der Waals surface area contributed by atoms with Gasteiger partial charge in [-0.2, -0.15) is 0 Å². The van der Waals surface area contributed by atoms with Crippen molar-refractivity contribution in [3.05, 3.63) is 65.6 Å². The summed E-state index contributed by atoms with van der Waals surface area (Å²) in [6.07, 6.45) is 3.14. The van der Waals surface area contributed by atoms with E-state index in [1.165, 1.54) is 27.8 Å². The Hall–Kier alpha value is -3.00. The summed E-state index contributed by atoms with van der Waals surface area (Å²) in [7, 11) is -1.44. The van der Waals surface area contributed by atoms with Gasteiger partial charge in [0, 0.05) is 77.6 Å². The number of nitrogens with one attached hydrogen (secondary N) is 2. The van der Waals surface area contributed by atoms with Crippen LogP contribution in [0.25, 0.3) is 33.3 Å². The molecule has 0 spiro atoms. The lowest BCUT2D eigenvalue weighted by atomic mass is 10.0. The Kier molecular flexibility index (Phi) is 7.21. The largest absolute Gasteiger partial charge is 0.416 e. The molecule has 0 bridgehead atoms. The van der Waals surface area contributed by atoms with Crippen LogP contribution in [-0.2, 0) is 4.43 Å². The van der Waals surface area contributed by atoms with E-state index in [-0.39, 0.29) is 0 Å². The van der Waals surface area contributed by atoms with Crippen LogP contribution in [0, 0.1) is 20.8 Å². The van der Waals surface area contributed by atoms with Crippen LogP contribution in [0.2, 0.25) is 19.6 Å². The van der Waals surface area contributed by atoms with Gasteiger partial charge in [0.2, 0.25) is 0 Å². The third-order valence-electron chi connectivity index (χ3n) is 7.09. The van der Waals surface area contributed by atoms with Crippen LogP contribution >= 0.6 is 0 Å². The lowest BCUT2D eigenvalue weighted by Crippen LogP contribution is -2.37. The van der Waals surface area contributed by atoms with Gasteiger partial charge in [-0.15, -0.1) is 0 Å². The van der Waals surface area contributed by atoms with Gasteiger partial charge >= 0.3 is 0 Å². The Labute approximate surface area is 221 Å². The zero-order valence-corrected chi connectivity index (χ0v) is 24.0. The van der Waals surface area contributed by atoms with E-state index >= 15 is 0 Å². The Morgan fingerprint density at radius 3 is 2.46 bits per heavy atom. The third kappa shape index (κ3) is 5.95.